The van der Waals surface area contributed by atoms with Gasteiger partial charge in [0.2, 0.25) is 0 Å². The highest BCUT2D eigenvalue weighted by Gasteiger charge is 2.56. The molecule has 0 radical (unpaired) electrons. The van der Waals surface area contributed by atoms with Gasteiger partial charge in [0.05, 0.1) is 12.2 Å². The maximum absolute atomic E-state index is 13.8. The summed E-state index contributed by atoms with van der Waals surface area (Å²) in [5, 5.41) is 6.17. The van der Waals surface area contributed by atoms with Crippen LogP contribution in [0.5, 0.6) is 0 Å². The fraction of sp³-hybridized carbons (Fsp3) is 0.422. The first kappa shape index (κ1) is 26.0. The number of ether oxygens (including phenoxy) is 2. The van der Waals surface area contributed by atoms with Gasteiger partial charge in [0.1, 0.15) is 11.6 Å². The van der Waals surface area contributed by atoms with Crippen molar-refractivity contribution in [3.05, 3.63) is 85.0 Å². The molecule has 11 aliphatic rings. The number of fused-ring (bicyclic) bond motifs is 2. The average molecular weight is 641 g/mol. The van der Waals surface area contributed by atoms with Crippen LogP contribution in [0.15, 0.2) is 34.9 Å². The number of carbonyl (C=O) groups is 2. The lowest BCUT2D eigenvalue weighted by Crippen LogP contribution is -2.35. The standard InChI is InChI=1S/C45H36O4/c1-48-28-13-22(46)10-20-8-18-5-3-17-7-16-4-6-19-9-21-11-27-36-24(12-23(47)14-29(36)49-2)25-15-26(28)30(20)39-37(25)43-38(27)35(21)41-33(19)31(16)40-32(17)34(18)42(39)45(43)44(40)41/h4,6-7,9,16,18,20,24,26,28-29,31H,3,5,8,10-15H2,1-2H3. The van der Waals surface area contributed by atoms with E-state index in [1.165, 1.54) is 72.9 Å². The molecule has 2 saturated carbocycles. The zero-order valence-electron chi connectivity index (χ0n) is 27.9. The molecule has 240 valence electrons. The fourth-order valence-electron chi connectivity index (χ4n) is 14.3. The number of methoxy groups -OCH3 is 2. The lowest BCUT2D eigenvalue weighted by atomic mass is 9.65. The van der Waals surface area contributed by atoms with Gasteiger partial charge >= 0.3 is 0 Å². The highest BCUT2D eigenvalue weighted by Crippen LogP contribution is 2.72. The topological polar surface area (TPSA) is 52.6 Å². The van der Waals surface area contributed by atoms with E-state index >= 15 is 0 Å². The minimum atomic E-state index is -0.194. The number of carbonyl (C=O) groups excluding carboxylic acids is 2. The largest absolute Gasteiger partial charge is 0.380 e. The van der Waals surface area contributed by atoms with Crippen molar-refractivity contribution in [1.29, 1.82) is 0 Å². The molecule has 2 fully saturated rings. The van der Waals surface area contributed by atoms with E-state index in [2.05, 4.69) is 24.3 Å². The van der Waals surface area contributed by atoms with Crippen molar-refractivity contribution >= 4 is 61.5 Å². The molecule has 0 amide bonds. The lowest BCUT2D eigenvalue weighted by molar-refractivity contribution is -0.123. The molecule has 49 heavy (non-hydrogen) atoms. The normalized spacial score (nSPS) is 35.3. The van der Waals surface area contributed by atoms with E-state index in [0.29, 0.717) is 55.0 Å². The number of benzene rings is 3. The van der Waals surface area contributed by atoms with Crippen LogP contribution >= 0.6 is 0 Å². The summed E-state index contributed by atoms with van der Waals surface area (Å²) >= 11 is 0. The molecule has 8 atom stereocenters. The van der Waals surface area contributed by atoms with E-state index in [1.54, 1.807) is 44.2 Å². The molecule has 0 bridgehead atoms. The van der Waals surface area contributed by atoms with E-state index in [0.717, 1.165) is 25.7 Å². The molecule has 0 N–H and O–H groups in total. The number of allylic oxidation sites excluding steroid dienone is 7. The second-order valence-electron chi connectivity index (χ2n) is 17.2. The van der Waals surface area contributed by atoms with Gasteiger partial charge in [0, 0.05) is 63.6 Å². The third kappa shape index (κ3) is 2.58. The number of ketones is 2. The molecular weight excluding hydrogens is 604 g/mol. The molecular formula is C45H36O4. The van der Waals surface area contributed by atoms with Crippen molar-refractivity contribution in [3.8, 4) is 0 Å². The third-order valence-corrected chi connectivity index (χ3v) is 15.6. The Morgan fingerprint density at radius 1 is 0.755 bits per heavy atom. The van der Waals surface area contributed by atoms with Gasteiger partial charge in [-0.25, -0.2) is 0 Å². The lowest BCUT2D eigenvalue weighted by Gasteiger charge is -2.40. The van der Waals surface area contributed by atoms with Crippen molar-refractivity contribution < 1.29 is 19.1 Å². The van der Waals surface area contributed by atoms with Gasteiger partial charge in [0.25, 0.3) is 0 Å². The number of hydrogen-bond donors (Lipinski definition) is 0. The van der Waals surface area contributed by atoms with Crippen LogP contribution in [0.4, 0.5) is 0 Å². The Labute approximate surface area is 284 Å². The Kier molecular flexibility index (Phi) is 4.26. The van der Waals surface area contributed by atoms with Gasteiger partial charge in [-0.2, -0.15) is 0 Å². The van der Waals surface area contributed by atoms with Gasteiger partial charge in [0.15, 0.2) is 0 Å². The maximum Gasteiger partial charge on any atom is 0.136 e. The summed E-state index contributed by atoms with van der Waals surface area (Å²) in [5.41, 5.74) is 24.2. The van der Waals surface area contributed by atoms with Crippen LogP contribution in [0, 0.1) is 23.7 Å². The Balaban J connectivity index is 1.27. The zero-order chi connectivity index (χ0) is 31.9. The predicted octanol–water partition coefficient (Wildman–Crippen LogP) is 8.61. The third-order valence-electron chi connectivity index (χ3n) is 15.6. The van der Waals surface area contributed by atoms with Gasteiger partial charge in [-0.05, 0) is 143 Å². The molecule has 0 aliphatic heterocycles. The fourth-order valence-corrected chi connectivity index (χ4v) is 14.3. The van der Waals surface area contributed by atoms with Crippen LogP contribution in [0.3, 0.4) is 0 Å². The summed E-state index contributed by atoms with van der Waals surface area (Å²) < 4.78 is 12.7. The summed E-state index contributed by atoms with van der Waals surface area (Å²) in [6, 6.07) is 2.54. The van der Waals surface area contributed by atoms with Crippen LogP contribution in [0.2, 0.25) is 0 Å². The van der Waals surface area contributed by atoms with E-state index in [9.17, 15) is 9.59 Å². The highest BCUT2D eigenvalue weighted by atomic mass is 16.5. The van der Waals surface area contributed by atoms with Gasteiger partial charge in [-0.15, -0.1) is 0 Å². The first-order valence-corrected chi connectivity index (χ1v) is 18.9. The van der Waals surface area contributed by atoms with Crippen molar-refractivity contribution in [2.24, 2.45) is 23.7 Å². The molecule has 4 nitrogen and oxygen atoms in total. The summed E-state index contributed by atoms with van der Waals surface area (Å²) in [6.07, 6.45) is 14.6. The van der Waals surface area contributed by atoms with Crippen molar-refractivity contribution in [2.75, 3.05) is 14.2 Å². The number of rotatable bonds is 2. The quantitative estimate of drug-likeness (QED) is 0.263. The number of Topliss-reactive ketones (excluding diaryl/α,β-unsaturated/α-hetero) is 2. The molecule has 8 unspecified atom stereocenters. The smallest absolute Gasteiger partial charge is 0.136 e. The summed E-state index contributed by atoms with van der Waals surface area (Å²) in [6.45, 7) is 0. The van der Waals surface area contributed by atoms with E-state index in [1.807, 2.05) is 14.2 Å². The van der Waals surface area contributed by atoms with Crippen LogP contribution in [0.25, 0.3) is 49.9 Å². The number of hydrogen-bond acceptors (Lipinski definition) is 4. The zero-order valence-corrected chi connectivity index (χ0v) is 27.9. The summed E-state index contributed by atoms with van der Waals surface area (Å²) in [5.74, 6) is 2.40. The second kappa shape index (κ2) is 8.03. The molecule has 0 aromatic heterocycles. The molecule has 14 rings (SSSR count). The SMILES string of the molecule is COC1CC(=O)CC2C3=C4C5=C6C(CC(=O)CC(OC)C6C3)CC3CCC6=CC7C=Cc8cc9c%10c(c4c4c5c3c6c3c4c%10c8C37)C(=C12)C9. The Bertz CT molecular complexity index is 2530. The minimum Gasteiger partial charge on any atom is -0.380 e. The summed E-state index contributed by atoms with van der Waals surface area (Å²) in [4.78, 5) is 27.6. The first-order chi connectivity index (χ1) is 24.0. The molecule has 4 heteroatoms. The van der Waals surface area contributed by atoms with E-state index < -0.39 is 0 Å². The predicted molar refractivity (Wildman–Crippen MR) is 190 cm³/mol. The first-order valence-electron chi connectivity index (χ1n) is 18.9. The second-order valence-corrected chi connectivity index (χ2v) is 17.2. The Morgan fingerprint density at radius 2 is 1.63 bits per heavy atom. The Morgan fingerprint density at radius 3 is 2.51 bits per heavy atom. The van der Waals surface area contributed by atoms with Crippen LogP contribution in [-0.4, -0.2) is 38.0 Å². The van der Waals surface area contributed by atoms with Crippen LogP contribution in [0.1, 0.15) is 113 Å². The minimum absolute atomic E-state index is 0.0383. The van der Waals surface area contributed by atoms with Gasteiger partial charge in [-0.3, -0.25) is 9.59 Å². The van der Waals surface area contributed by atoms with E-state index in [-0.39, 0.29) is 30.0 Å². The summed E-state index contributed by atoms with van der Waals surface area (Å²) in [7, 11) is 3.64. The van der Waals surface area contributed by atoms with Crippen LogP contribution in [-0.2, 0) is 25.5 Å². The Hall–Kier alpha value is -3.86. The molecule has 0 spiro atoms. The highest BCUT2D eigenvalue weighted by molar-refractivity contribution is 6.36. The molecule has 0 saturated heterocycles. The van der Waals surface area contributed by atoms with E-state index in [4.69, 9.17) is 9.47 Å². The average Bonchev–Trinajstić information content (AvgIpc) is 3.68. The van der Waals surface area contributed by atoms with Gasteiger partial charge < -0.3 is 9.47 Å². The monoisotopic (exact) mass is 640 g/mol. The molecule has 3 aromatic rings. The van der Waals surface area contributed by atoms with Gasteiger partial charge in [-0.1, -0.05) is 35.4 Å². The molecule has 11 aliphatic carbocycles. The molecule has 0 heterocycles. The van der Waals surface area contributed by atoms with Crippen molar-refractivity contribution in [1.82, 2.24) is 0 Å². The maximum atomic E-state index is 13.8. The van der Waals surface area contributed by atoms with Crippen LogP contribution < -0.4 is 0 Å². The van der Waals surface area contributed by atoms with Crippen molar-refractivity contribution in [2.45, 2.75) is 81.8 Å². The molecule has 3 aromatic carbocycles. The van der Waals surface area contributed by atoms with Crippen molar-refractivity contribution in [3.63, 3.8) is 0 Å².